The Morgan fingerprint density at radius 1 is 1.25 bits per heavy atom. The van der Waals surface area contributed by atoms with E-state index in [0.717, 1.165) is 16.2 Å². The highest BCUT2D eigenvalue weighted by Gasteiger charge is 2.17. The van der Waals surface area contributed by atoms with E-state index in [1.807, 2.05) is 26.2 Å². The summed E-state index contributed by atoms with van der Waals surface area (Å²) in [6.07, 6.45) is 1.94. The lowest BCUT2D eigenvalue weighted by atomic mass is 10.2. The highest BCUT2D eigenvalue weighted by molar-refractivity contribution is 7.98. The fourth-order valence-electron chi connectivity index (χ4n) is 2.43. The Kier molecular flexibility index (Phi) is 4.84. The van der Waals surface area contributed by atoms with Crippen LogP contribution in [0.2, 0.25) is 0 Å². The van der Waals surface area contributed by atoms with Crippen LogP contribution in [0.1, 0.15) is 17.0 Å². The van der Waals surface area contributed by atoms with Crippen molar-refractivity contribution in [1.82, 2.24) is 10.5 Å². The molecular weight excluding hydrogens is 330 g/mol. The predicted molar refractivity (Wildman–Crippen MR) is 91.0 cm³/mol. The summed E-state index contributed by atoms with van der Waals surface area (Å²) in [4.78, 5) is 13.1. The van der Waals surface area contributed by atoms with Crippen molar-refractivity contribution in [3.63, 3.8) is 0 Å². The Balaban J connectivity index is 1.69. The van der Waals surface area contributed by atoms with Crippen molar-refractivity contribution in [3.8, 4) is 11.5 Å². The van der Waals surface area contributed by atoms with Gasteiger partial charge in [0.2, 0.25) is 0 Å². The Hall–Kier alpha value is -2.35. The molecule has 2 aromatic rings. The number of hydrogen-bond acceptors (Lipinski definition) is 6. The zero-order chi connectivity index (χ0) is 17.1. The van der Waals surface area contributed by atoms with Crippen molar-refractivity contribution in [1.29, 1.82) is 0 Å². The van der Waals surface area contributed by atoms with E-state index in [2.05, 4.69) is 15.8 Å². The van der Waals surface area contributed by atoms with Crippen LogP contribution in [0.15, 0.2) is 21.6 Å². The molecular formula is C16H19N3O4S. The molecule has 2 amide bonds. The molecule has 0 saturated carbocycles. The Labute approximate surface area is 144 Å². The number of aryl methyl sites for hydroxylation is 2. The molecule has 1 aliphatic rings. The highest BCUT2D eigenvalue weighted by Crippen LogP contribution is 2.39. The number of aromatic nitrogens is 1. The molecule has 1 aromatic carbocycles. The maximum Gasteiger partial charge on any atom is 0.319 e. The number of thioether (sulfide) groups is 1. The van der Waals surface area contributed by atoms with Gasteiger partial charge in [0.05, 0.1) is 11.4 Å². The van der Waals surface area contributed by atoms with Crippen molar-refractivity contribution in [2.24, 2.45) is 0 Å². The molecule has 24 heavy (non-hydrogen) atoms. The first-order valence-electron chi connectivity index (χ1n) is 7.52. The van der Waals surface area contributed by atoms with Gasteiger partial charge in [-0.3, -0.25) is 0 Å². The second-order valence-corrected chi connectivity index (χ2v) is 6.15. The number of hydrogen-bond donors (Lipinski definition) is 2. The summed E-state index contributed by atoms with van der Waals surface area (Å²) >= 11 is 1.53. The van der Waals surface area contributed by atoms with Gasteiger partial charge in [-0.25, -0.2) is 4.79 Å². The standard InChI is InChI=1S/C16H19N3O4S/c1-9-11(10(2)23-19-9)8-17-16(20)18-12-6-13-14(7-15(12)24-3)22-5-4-21-13/h6-7H,4-5,8H2,1-3H3,(H2,17,18,20). The normalized spacial score (nSPS) is 12.8. The predicted octanol–water partition coefficient (Wildman–Crippen LogP) is 3.11. The minimum Gasteiger partial charge on any atom is -0.486 e. The molecule has 0 saturated heterocycles. The van der Waals surface area contributed by atoms with Crippen LogP contribution in [0.3, 0.4) is 0 Å². The lowest BCUT2D eigenvalue weighted by Crippen LogP contribution is -2.29. The highest BCUT2D eigenvalue weighted by atomic mass is 32.2. The van der Waals surface area contributed by atoms with Crippen LogP contribution in [0.5, 0.6) is 11.5 Å². The van der Waals surface area contributed by atoms with E-state index in [1.54, 1.807) is 6.07 Å². The van der Waals surface area contributed by atoms with Crippen molar-refractivity contribution >= 4 is 23.5 Å². The summed E-state index contributed by atoms with van der Waals surface area (Å²) in [6.45, 7) is 5.06. The van der Waals surface area contributed by atoms with E-state index >= 15 is 0 Å². The quantitative estimate of drug-likeness (QED) is 0.825. The van der Waals surface area contributed by atoms with Crippen LogP contribution in [0.25, 0.3) is 0 Å². The molecule has 0 unspecified atom stereocenters. The number of rotatable bonds is 4. The van der Waals surface area contributed by atoms with Crippen LogP contribution < -0.4 is 20.1 Å². The van der Waals surface area contributed by atoms with E-state index < -0.39 is 0 Å². The number of ether oxygens (including phenoxy) is 2. The van der Waals surface area contributed by atoms with E-state index in [4.69, 9.17) is 14.0 Å². The number of nitrogens with one attached hydrogen (secondary N) is 2. The smallest absolute Gasteiger partial charge is 0.319 e. The zero-order valence-corrected chi connectivity index (χ0v) is 14.6. The number of nitrogens with zero attached hydrogens (tertiary/aromatic N) is 1. The van der Waals surface area contributed by atoms with Crippen LogP contribution in [0, 0.1) is 13.8 Å². The maximum absolute atomic E-state index is 12.2. The number of carbonyl (C=O) groups excluding carboxylic acids is 1. The molecule has 0 aliphatic carbocycles. The van der Waals surface area contributed by atoms with Crippen molar-refractivity contribution in [2.75, 3.05) is 24.8 Å². The van der Waals surface area contributed by atoms with Crippen LogP contribution in [0.4, 0.5) is 10.5 Å². The Morgan fingerprint density at radius 3 is 2.58 bits per heavy atom. The number of amides is 2. The molecule has 0 radical (unpaired) electrons. The summed E-state index contributed by atoms with van der Waals surface area (Å²) in [5.74, 6) is 2.05. The van der Waals surface area contributed by atoms with Gasteiger partial charge < -0.3 is 24.6 Å². The first-order chi connectivity index (χ1) is 11.6. The Bertz CT molecular complexity index is 741. The lowest BCUT2D eigenvalue weighted by Gasteiger charge is -2.21. The molecule has 128 valence electrons. The number of fused-ring (bicyclic) bond motifs is 1. The van der Waals surface area contributed by atoms with Crippen LogP contribution >= 0.6 is 11.8 Å². The summed E-state index contributed by atoms with van der Waals surface area (Å²) in [5.41, 5.74) is 2.34. The van der Waals surface area contributed by atoms with Crippen molar-refractivity contribution in [2.45, 2.75) is 25.3 Å². The van der Waals surface area contributed by atoms with Gasteiger partial charge >= 0.3 is 6.03 Å². The van der Waals surface area contributed by atoms with E-state index in [9.17, 15) is 4.79 Å². The third kappa shape index (κ3) is 3.43. The molecule has 2 heterocycles. The molecule has 2 N–H and O–H groups in total. The maximum atomic E-state index is 12.2. The van der Waals surface area contributed by atoms with Gasteiger partial charge in [-0.1, -0.05) is 5.16 Å². The first kappa shape index (κ1) is 16.5. The topological polar surface area (TPSA) is 85.6 Å². The first-order valence-corrected chi connectivity index (χ1v) is 8.75. The van der Waals surface area contributed by atoms with Gasteiger partial charge in [-0.15, -0.1) is 11.8 Å². The fraction of sp³-hybridized carbons (Fsp3) is 0.375. The summed E-state index contributed by atoms with van der Waals surface area (Å²) in [6, 6.07) is 3.36. The monoisotopic (exact) mass is 349 g/mol. The van der Waals surface area contributed by atoms with Crippen molar-refractivity contribution in [3.05, 3.63) is 29.2 Å². The van der Waals surface area contributed by atoms with Gasteiger partial charge in [0.15, 0.2) is 11.5 Å². The second-order valence-electron chi connectivity index (χ2n) is 5.31. The van der Waals surface area contributed by atoms with Crippen LogP contribution in [-0.4, -0.2) is 30.7 Å². The van der Waals surface area contributed by atoms with Gasteiger partial charge in [0.25, 0.3) is 0 Å². The van der Waals surface area contributed by atoms with Gasteiger partial charge in [-0.2, -0.15) is 0 Å². The summed E-state index contributed by atoms with van der Waals surface area (Å²) < 4.78 is 16.2. The molecule has 7 nitrogen and oxygen atoms in total. The largest absolute Gasteiger partial charge is 0.486 e. The van der Waals surface area contributed by atoms with E-state index in [-0.39, 0.29) is 6.03 Å². The second kappa shape index (κ2) is 7.04. The third-order valence-corrected chi connectivity index (χ3v) is 4.50. The molecule has 0 bridgehead atoms. The lowest BCUT2D eigenvalue weighted by molar-refractivity contribution is 0.171. The van der Waals surface area contributed by atoms with Crippen molar-refractivity contribution < 1.29 is 18.8 Å². The Morgan fingerprint density at radius 2 is 1.96 bits per heavy atom. The molecule has 3 rings (SSSR count). The van der Waals surface area contributed by atoms with E-state index in [0.29, 0.717) is 42.7 Å². The number of benzene rings is 1. The molecule has 1 aromatic heterocycles. The minimum atomic E-state index is -0.304. The SMILES string of the molecule is CSc1cc2c(cc1NC(=O)NCc1c(C)noc1C)OCCO2. The average Bonchev–Trinajstić information content (AvgIpc) is 2.90. The summed E-state index contributed by atoms with van der Waals surface area (Å²) in [5, 5.41) is 9.54. The molecule has 8 heteroatoms. The summed E-state index contributed by atoms with van der Waals surface area (Å²) in [7, 11) is 0. The zero-order valence-electron chi connectivity index (χ0n) is 13.8. The molecule has 1 aliphatic heterocycles. The molecule has 0 atom stereocenters. The van der Waals surface area contributed by atoms with Gasteiger partial charge in [-0.05, 0) is 26.2 Å². The van der Waals surface area contributed by atoms with E-state index in [1.165, 1.54) is 11.8 Å². The average molecular weight is 349 g/mol. The third-order valence-electron chi connectivity index (χ3n) is 3.72. The van der Waals surface area contributed by atoms with Gasteiger partial charge in [0, 0.05) is 23.1 Å². The number of urea groups is 1. The number of carbonyl (C=O) groups is 1. The molecule has 0 spiro atoms. The number of anilines is 1. The minimum absolute atomic E-state index is 0.304. The molecule has 0 fully saturated rings. The van der Waals surface area contributed by atoms with Crippen LogP contribution in [-0.2, 0) is 6.54 Å². The van der Waals surface area contributed by atoms with Gasteiger partial charge in [0.1, 0.15) is 19.0 Å². The fourth-order valence-corrected chi connectivity index (χ4v) is 2.98.